The van der Waals surface area contributed by atoms with Crippen LogP contribution < -0.4 is 0 Å². The number of hydrogen-bond acceptors (Lipinski definition) is 4. The molecule has 4 heteroatoms. The molecule has 0 saturated heterocycles. The van der Waals surface area contributed by atoms with Gasteiger partial charge in [-0.3, -0.25) is 0 Å². The van der Waals surface area contributed by atoms with Gasteiger partial charge in [-0.05, 0) is 61.1 Å². The number of aryl methyl sites for hydroxylation is 2. The number of hydrogen-bond donors (Lipinski definition) is 2. The zero-order valence-electron chi connectivity index (χ0n) is 14.0. The second kappa shape index (κ2) is 11.6. The van der Waals surface area contributed by atoms with Crippen molar-refractivity contribution in [3.8, 4) is 0 Å². The Kier molecular flexibility index (Phi) is 9.36. The lowest BCUT2D eigenvalue weighted by Crippen LogP contribution is -1.92. The maximum atomic E-state index is 8.81. The predicted octanol–water partition coefficient (Wildman–Crippen LogP) is 4.42. The number of aliphatic hydroxyl groups excluding tert-OH is 2. The van der Waals surface area contributed by atoms with Crippen molar-refractivity contribution in [2.24, 2.45) is 0 Å². The summed E-state index contributed by atoms with van der Waals surface area (Å²) in [7, 11) is 0. The molecular formula is C20H26O2S2. The highest BCUT2D eigenvalue weighted by Crippen LogP contribution is 2.21. The summed E-state index contributed by atoms with van der Waals surface area (Å²) in [6.07, 6.45) is 3.80. The Hall–Kier alpha value is -0.940. The average Bonchev–Trinajstić information content (AvgIpc) is 2.63. The Morgan fingerprint density at radius 1 is 0.583 bits per heavy atom. The molecule has 0 aliphatic rings. The van der Waals surface area contributed by atoms with Crippen molar-refractivity contribution in [3.63, 3.8) is 0 Å². The van der Waals surface area contributed by atoms with E-state index in [4.69, 9.17) is 10.2 Å². The average molecular weight is 363 g/mol. The van der Waals surface area contributed by atoms with Crippen LogP contribution >= 0.6 is 23.5 Å². The third-order valence-electron chi connectivity index (χ3n) is 3.69. The molecule has 0 aliphatic carbocycles. The van der Waals surface area contributed by atoms with Gasteiger partial charge in [-0.15, -0.1) is 23.5 Å². The van der Waals surface area contributed by atoms with Gasteiger partial charge in [-0.25, -0.2) is 0 Å². The van der Waals surface area contributed by atoms with Crippen LogP contribution in [-0.4, -0.2) is 34.9 Å². The van der Waals surface area contributed by atoms with E-state index in [2.05, 4.69) is 48.5 Å². The van der Waals surface area contributed by atoms with Crippen LogP contribution in [0.5, 0.6) is 0 Å². The molecule has 130 valence electrons. The van der Waals surface area contributed by atoms with Crippen LogP contribution in [0.15, 0.2) is 58.3 Å². The summed E-state index contributed by atoms with van der Waals surface area (Å²) in [6.45, 7) is 0.535. The van der Waals surface area contributed by atoms with Crippen molar-refractivity contribution in [1.82, 2.24) is 0 Å². The molecule has 24 heavy (non-hydrogen) atoms. The monoisotopic (exact) mass is 362 g/mol. The Labute approximate surface area is 153 Å². The van der Waals surface area contributed by atoms with Gasteiger partial charge in [0, 0.05) is 34.5 Å². The van der Waals surface area contributed by atoms with E-state index in [0.717, 1.165) is 37.2 Å². The Morgan fingerprint density at radius 3 is 1.29 bits per heavy atom. The van der Waals surface area contributed by atoms with Gasteiger partial charge in [0.25, 0.3) is 0 Å². The Morgan fingerprint density at radius 2 is 0.958 bits per heavy atom. The van der Waals surface area contributed by atoms with Gasteiger partial charge in [0.1, 0.15) is 0 Å². The highest BCUT2D eigenvalue weighted by atomic mass is 32.2. The summed E-state index contributed by atoms with van der Waals surface area (Å²) in [5, 5.41) is 17.6. The summed E-state index contributed by atoms with van der Waals surface area (Å²) in [6, 6.07) is 17.6. The quantitative estimate of drug-likeness (QED) is 0.458. The van der Waals surface area contributed by atoms with Crippen LogP contribution in [0.3, 0.4) is 0 Å². The third kappa shape index (κ3) is 7.31. The number of benzene rings is 2. The number of rotatable bonds is 11. The highest BCUT2D eigenvalue weighted by molar-refractivity contribution is 7.99. The minimum Gasteiger partial charge on any atom is -0.396 e. The van der Waals surface area contributed by atoms with Gasteiger partial charge < -0.3 is 10.2 Å². The van der Waals surface area contributed by atoms with Crippen LogP contribution in [0.2, 0.25) is 0 Å². The summed E-state index contributed by atoms with van der Waals surface area (Å²) in [4.78, 5) is 2.55. The molecule has 0 unspecified atom stereocenters. The van der Waals surface area contributed by atoms with Crippen molar-refractivity contribution >= 4 is 23.5 Å². The van der Waals surface area contributed by atoms with Crippen molar-refractivity contribution in [3.05, 3.63) is 59.7 Å². The molecule has 0 aromatic heterocycles. The summed E-state index contributed by atoms with van der Waals surface area (Å²) in [5.74, 6) is 1.94. The van der Waals surface area contributed by atoms with Crippen LogP contribution in [0, 0.1) is 0 Å². The molecule has 0 amide bonds. The summed E-state index contributed by atoms with van der Waals surface area (Å²) >= 11 is 3.60. The lowest BCUT2D eigenvalue weighted by atomic mass is 10.0. The van der Waals surface area contributed by atoms with Gasteiger partial charge in [-0.1, -0.05) is 24.3 Å². The fourth-order valence-electron chi connectivity index (χ4n) is 2.30. The fraction of sp³-hybridized carbons (Fsp3) is 0.400. The molecule has 0 spiro atoms. The molecule has 0 bridgehead atoms. The van der Waals surface area contributed by atoms with E-state index in [1.807, 2.05) is 0 Å². The predicted molar refractivity (Wildman–Crippen MR) is 105 cm³/mol. The number of thioether (sulfide) groups is 2. The van der Waals surface area contributed by atoms with Gasteiger partial charge in [-0.2, -0.15) is 0 Å². The molecule has 0 saturated carbocycles. The lowest BCUT2D eigenvalue weighted by Gasteiger charge is -2.06. The molecule has 0 heterocycles. The van der Waals surface area contributed by atoms with Gasteiger partial charge in [0.15, 0.2) is 0 Å². The van der Waals surface area contributed by atoms with Gasteiger partial charge in [0.05, 0.1) is 0 Å². The standard InChI is InChI=1S/C20H26O2S2/c21-13-1-15-23-19-9-5-17(6-10-19)3-4-18-7-11-20(12-8-18)24-16-2-14-22/h5-12,21-22H,1-4,13-16H2. The zero-order valence-corrected chi connectivity index (χ0v) is 15.6. The van der Waals surface area contributed by atoms with E-state index < -0.39 is 0 Å². The molecule has 2 N–H and O–H groups in total. The molecule has 0 fully saturated rings. The Bertz CT molecular complexity index is 514. The van der Waals surface area contributed by atoms with E-state index in [1.54, 1.807) is 23.5 Å². The van der Waals surface area contributed by atoms with Crippen molar-refractivity contribution in [2.75, 3.05) is 24.7 Å². The second-order valence-corrected chi connectivity index (χ2v) is 7.98. The third-order valence-corrected chi connectivity index (χ3v) is 5.89. The second-order valence-electron chi connectivity index (χ2n) is 5.64. The van der Waals surface area contributed by atoms with E-state index in [-0.39, 0.29) is 13.2 Å². The van der Waals surface area contributed by atoms with Crippen molar-refractivity contribution in [2.45, 2.75) is 35.5 Å². The Balaban J connectivity index is 1.76. The first-order valence-electron chi connectivity index (χ1n) is 8.47. The zero-order chi connectivity index (χ0) is 17.0. The van der Waals surface area contributed by atoms with E-state index in [1.165, 1.54) is 20.9 Å². The van der Waals surface area contributed by atoms with E-state index in [0.29, 0.717) is 0 Å². The van der Waals surface area contributed by atoms with Crippen LogP contribution in [0.4, 0.5) is 0 Å². The molecule has 0 atom stereocenters. The van der Waals surface area contributed by atoms with Crippen LogP contribution in [0.1, 0.15) is 24.0 Å². The maximum Gasteiger partial charge on any atom is 0.0439 e. The normalized spacial score (nSPS) is 10.9. The first kappa shape index (κ1) is 19.4. The molecule has 2 rings (SSSR count). The molecule has 0 aliphatic heterocycles. The molecule has 2 aromatic rings. The number of aliphatic hydroxyl groups is 2. The van der Waals surface area contributed by atoms with Gasteiger partial charge >= 0.3 is 0 Å². The molecule has 2 nitrogen and oxygen atoms in total. The van der Waals surface area contributed by atoms with Crippen LogP contribution in [0.25, 0.3) is 0 Å². The first-order valence-corrected chi connectivity index (χ1v) is 10.4. The molecular weight excluding hydrogens is 336 g/mol. The topological polar surface area (TPSA) is 40.5 Å². The minimum absolute atomic E-state index is 0.268. The first-order chi connectivity index (χ1) is 11.8. The maximum absolute atomic E-state index is 8.81. The minimum atomic E-state index is 0.268. The highest BCUT2D eigenvalue weighted by Gasteiger charge is 1.99. The van der Waals surface area contributed by atoms with Crippen LogP contribution in [-0.2, 0) is 12.8 Å². The largest absolute Gasteiger partial charge is 0.396 e. The van der Waals surface area contributed by atoms with Crippen molar-refractivity contribution in [1.29, 1.82) is 0 Å². The smallest absolute Gasteiger partial charge is 0.0439 e. The van der Waals surface area contributed by atoms with E-state index in [9.17, 15) is 0 Å². The molecule has 0 radical (unpaired) electrons. The summed E-state index contributed by atoms with van der Waals surface area (Å²) < 4.78 is 0. The van der Waals surface area contributed by atoms with E-state index >= 15 is 0 Å². The molecule has 2 aromatic carbocycles. The SMILES string of the molecule is OCCCSc1ccc(CCc2ccc(SCCCO)cc2)cc1. The van der Waals surface area contributed by atoms with Gasteiger partial charge in [0.2, 0.25) is 0 Å². The van der Waals surface area contributed by atoms with Crippen molar-refractivity contribution < 1.29 is 10.2 Å². The fourth-order valence-corrected chi connectivity index (χ4v) is 3.98. The lowest BCUT2D eigenvalue weighted by molar-refractivity contribution is 0.296. The summed E-state index contributed by atoms with van der Waals surface area (Å²) in [5.41, 5.74) is 2.73.